The molecule has 0 saturated heterocycles. The summed E-state index contributed by atoms with van der Waals surface area (Å²) in [6.45, 7) is 8.72. The number of carbonyl (C=O) groups excluding carboxylic acids is 2. The zero-order valence-electron chi connectivity index (χ0n) is 14.1. The van der Waals surface area contributed by atoms with Gasteiger partial charge < -0.3 is 14.2 Å². The fraction of sp³-hybridized carbons (Fsp3) is 0.389. The van der Waals surface area contributed by atoms with E-state index in [1.54, 1.807) is 38.1 Å². The van der Waals surface area contributed by atoms with Gasteiger partial charge in [-0.2, -0.15) is 5.26 Å². The van der Waals surface area contributed by atoms with Crippen molar-refractivity contribution in [3.63, 3.8) is 0 Å². The van der Waals surface area contributed by atoms with Gasteiger partial charge in [0.1, 0.15) is 12.4 Å². The molecule has 1 aromatic rings. The van der Waals surface area contributed by atoms with Gasteiger partial charge in [0.25, 0.3) is 0 Å². The summed E-state index contributed by atoms with van der Waals surface area (Å²) in [6.07, 6.45) is 0. The van der Waals surface area contributed by atoms with Crippen molar-refractivity contribution in [1.29, 1.82) is 5.26 Å². The maximum atomic E-state index is 12.2. The average Bonchev–Trinajstić information content (AvgIpc) is 2.59. The van der Waals surface area contributed by atoms with Crippen molar-refractivity contribution in [2.24, 2.45) is 5.41 Å². The van der Waals surface area contributed by atoms with Crippen LogP contribution >= 0.6 is 0 Å². The summed E-state index contributed by atoms with van der Waals surface area (Å²) in [6, 6.07) is 8.46. The van der Waals surface area contributed by atoms with Crippen molar-refractivity contribution in [3.05, 3.63) is 42.0 Å². The van der Waals surface area contributed by atoms with Gasteiger partial charge in [-0.1, -0.05) is 6.58 Å². The summed E-state index contributed by atoms with van der Waals surface area (Å²) in [5.74, 6) is -0.959. The second-order valence-corrected chi connectivity index (χ2v) is 5.09. The predicted molar refractivity (Wildman–Crippen MR) is 87.2 cm³/mol. The predicted octanol–water partition coefficient (Wildman–Crippen LogP) is 2.63. The van der Waals surface area contributed by atoms with Gasteiger partial charge in [0.05, 0.1) is 24.8 Å². The molecule has 0 aliphatic rings. The standard InChI is InChI=1S/C18H21NO5/c1-5-22-16(20)18(4,17(21)23-6-2)13(3)12-24-15-9-7-14(11-19)8-10-15/h7-10H,3,5-6,12H2,1-2,4H3. The molecule has 0 N–H and O–H groups in total. The highest BCUT2D eigenvalue weighted by molar-refractivity contribution is 6.03. The molecule has 0 aliphatic heterocycles. The molecule has 1 aromatic carbocycles. The van der Waals surface area contributed by atoms with E-state index in [4.69, 9.17) is 19.5 Å². The normalized spacial score (nSPS) is 10.4. The smallest absolute Gasteiger partial charge is 0.327 e. The Morgan fingerprint density at radius 3 is 2.04 bits per heavy atom. The fourth-order valence-electron chi connectivity index (χ4n) is 1.86. The van der Waals surface area contributed by atoms with Crippen LogP contribution in [0.25, 0.3) is 0 Å². The molecule has 6 nitrogen and oxygen atoms in total. The molecule has 6 heteroatoms. The van der Waals surface area contributed by atoms with Crippen molar-refractivity contribution in [2.45, 2.75) is 20.8 Å². The molecule has 0 aromatic heterocycles. The molecule has 0 fully saturated rings. The number of esters is 2. The van der Waals surface area contributed by atoms with E-state index in [1.165, 1.54) is 6.92 Å². The minimum absolute atomic E-state index is 0.0694. The first-order chi connectivity index (χ1) is 11.4. The number of hydrogen-bond donors (Lipinski definition) is 0. The minimum Gasteiger partial charge on any atom is -0.489 e. The first-order valence-electron chi connectivity index (χ1n) is 7.55. The van der Waals surface area contributed by atoms with Crippen LogP contribution in [0, 0.1) is 16.7 Å². The van der Waals surface area contributed by atoms with Crippen LogP contribution in [0.15, 0.2) is 36.4 Å². The van der Waals surface area contributed by atoms with Crippen LogP contribution in [0.2, 0.25) is 0 Å². The molecule has 0 spiro atoms. The third-order valence-corrected chi connectivity index (χ3v) is 3.47. The molecular weight excluding hydrogens is 310 g/mol. The first kappa shape index (κ1) is 19.2. The number of benzene rings is 1. The highest BCUT2D eigenvalue weighted by Gasteiger charge is 2.47. The zero-order valence-corrected chi connectivity index (χ0v) is 14.1. The molecular formula is C18H21NO5. The van der Waals surface area contributed by atoms with Crippen LogP contribution in [0.5, 0.6) is 5.75 Å². The molecule has 0 aliphatic carbocycles. The topological polar surface area (TPSA) is 85.6 Å². The summed E-state index contributed by atoms with van der Waals surface area (Å²) in [4.78, 5) is 24.5. The number of carbonyl (C=O) groups is 2. The van der Waals surface area contributed by atoms with Gasteiger partial charge >= 0.3 is 11.9 Å². The number of ether oxygens (including phenoxy) is 3. The lowest BCUT2D eigenvalue weighted by Gasteiger charge is -2.27. The average molecular weight is 331 g/mol. The first-order valence-corrected chi connectivity index (χ1v) is 7.55. The SMILES string of the molecule is C=C(COc1ccc(C#N)cc1)C(C)(C(=O)OCC)C(=O)OCC. The van der Waals surface area contributed by atoms with E-state index in [0.717, 1.165) is 0 Å². The fourth-order valence-corrected chi connectivity index (χ4v) is 1.86. The molecule has 0 heterocycles. The van der Waals surface area contributed by atoms with E-state index in [0.29, 0.717) is 11.3 Å². The monoisotopic (exact) mass is 331 g/mol. The number of rotatable bonds is 8. The van der Waals surface area contributed by atoms with Crippen molar-refractivity contribution >= 4 is 11.9 Å². The van der Waals surface area contributed by atoms with Crippen LogP contribution < -0.4 is 4.74 Å². The molecule has 0 atom stereocenters. The number of nitriles is 1. The molecule has 0 amide bonds. The van der Waals surface area contributed by atoms with E-state index in [1.807, 2.05) is 6.07 Å². The van der Waals surface area contributed by atoms with Gasteiger partial charge in [-0.3, -0.25) is 9.59 Å². The van der Waals surface area contributed by atoms with E-state index in [-0.39, 0.29) is 25.4 Å². The lowest BCUT2D eigenvalue weighted by atomic mass is 9.83. The van der Waals surface area contributed by atoms with Gasteiger partial charge in [-0.15, -0.1) is 0 Å². The summed E-state index contributed by atoms with van der Waals surface area (Å²) in [7, 11) is 0. The Balaban J connectivity index is 2.89. The Morgan fingerprint density at radius 2 is 1.62 bits per heavy atom. The maximum Gasteiger partial charge on any atom is 0.327 e. The lowest BCUT2D eigenvalue weighted by molar-refractivity contribution is -0.167. The van der Waals surface area contributed by atoms with Crippen LogP contribution in [-0.2, 0) is 19.1 Å². The molecule has 0 unspecified atom stereocenters. The summed E-state index contributed by atoms with van der Waals surface area (Å²) >= 11 is 0. The minimum atomic E-state index is -1.64. The Kier molecular flexibility index (Phi) is 6.99. The van der Waals surface area contributed by atoms with Crippen molar-refractivity contribution < 1.29 is 23.8 Å². The van der Waals surface area contributed by atoms with Crippen LogP contribution in [-0.4, -0.2) is 31.8 Å². The highest BCUT2D eigenvalue weighted by Crippen LogP contribution is 2.30. The zero-order chi connectivity index (χ0) is 18.2. The second kappa shape index (κ2) is 8.73. The van der Waals surface area contributed by atoms with Gasteiger partial charge in [0.15, 0.2) is 5.41 Å². The van der Waals surface area contributed by atoms with Crippen molar-refractivity contribution in [1.82, 2.24) is 0 Å². The third-order valence-electron chi connectivity index (χ3n) is 3.47. The molecule has 0 bridgehead atoms. The lowest BCUT2D eigenvalue weighted by Crippen LogP contribution is -2.42. The molecule has 0 saturated carbocycles. The highest BCUT2D eigenvalue weighted by atomic mass is 16.6. The van der Waals surface area contributed by atoms with Crippen LogP contribution in [0.1, 0.15) is 26.3 Å². The largest absolute Gasteiger partial charge is 0.489 e. The van der Waals surface area contributed by atoms with E-state index >= 15 is 0 Å². The summed E-state index contributed by atoms with van der Waals surface area (Å²) in [5, 5.41) is 8.77. The van der Waals surface area contributed by atoms with E-state index in [2.05, 4.69) is 6.58 Å². The quantitative estimate of drug-likeness (QED) is 0.413. The van der Waals surface area contributed by atoms with Crippen molar-refractivity contribution in [2.75, 3.05) is 19.8 Å². The van der Waals surface area contributed by atoms with Crippen LogP contribution in [0.4, 0.5) is 0 Å². The Labute approximate surface area is 141 Å². The van der Waals surface area contributed by atoms with Crippen LogP contribution in [0.3, 0.4) is 0 Å². The molecule has 0 radical (unpaired) electrons. The summed E-state index contributed by atoms with van der Waals surface area (Å²) < 4.78 is 15.5. The van der Waals surface area contributed by atoms with Gasteiger partial charge in [-0.25, -0.2) is 0 Å². The van der Waals surface area contributed by atoms with E-state index < -0.39 is 17.4 Å². The second-order valence-electron chi connectivity index (χ2n) is 5.09. The van der Waals surface area contributed by atoms with Gasteiger partial charge in [0.2, 0.25) is 0 Å². The third kappa shape index (κ3) is 4.35. The van der Waals surface area contributed by atoms with Crippen molar-refractivity contribution in [3.8, 4) is 11.8 Å². The molecule has 1 rings (SSSR count). The molecule has 128 valence electrons. The Hall–Kier alpha value is -2.81. The van der Waals surface area contributed by atoms with Gasteiger partial charge in [-0.05, 0) is 50.6 Å². The van der Waals surface area contributed by atoms with E-state index in [9.17, 15) is 9.59 Å². The number of hydrogen-bond acceptors (Lipinski definition) is 6. The maximum absolute atomic E-state index is 12.2. The Bertz CT molecular complexity index is 624. The molecule has 24 heavy (non-hydrogen) atoms. The number of nitrogens with zero attached hydrogens (tertiary/aromatic N) is 1. The Morgan fingerprint density at radius 1 is 1.12 bits per heavy atom. The van der Waals surface area contributed by atoms with Gasteiger partial charge in [0, 0.05) is 0 Å². The summed E-state index contributed by atoms with van der Waals surface area (Å²) in [5.41, 5.74) is -0.911.